The van der Waals surface area contributed by atoms with Crippen molar-refractivity contribution < 1.29 is 9.53 Å². The molecule has 17 heavy (non-hydrogen) atoms. The van der Waals surface area contributed by atoms with Gasteiger partial charge in [0, 0.05) is 13.1 Å². The van der Waals surface area contributed by atoms with Crippen LogP contribution in [0.1, 0.15) is 33.6 Å². The third-order valence-corrected chi connectivity index (χ3v) is 3.47. The molecule has 2 rings (SSSR count). The van der Waals surface area contributed by atoms with Gasteiger partial charge in [-0.3, -0.25) is 0 Å². The Morgan fingerprint density at radius 2 is 2.00 bits per heavy atom. The van der Waals surface area contributed by atoms with Crippen molar-refractivity contribution in [2.45, 2.75) is 39.2 Å². The Kier molecular flexibility index (Phi) is 3.61. The second kappa shape index (κ2) is 4.84. The monoisotopic (exact) mass is 240 g/mol. The molecule has 1 N–H and O–H groups in total. The molecule has 0 radical (unpaired) electrons. The van der Waals surface area contributed by atoms with Crippen molar-refractivity contribution in [3.8, 4) is 0 Å². The number of rotatable bonds is 0. The first-order chi connectivity index (χ1) is 7.94. The maximum atomic E-state index is 12.0. The van der Waals surface area contributed by atoms with Gasteiger partial charge in [0.05, 0.1) is 0 Å². The molecule has 0 aliphatic carbocycles. The molecule has 0 aromatic heterocycles. The van der Waals surface area contributed by atoms with E-state index in [1.54, 1.807) is 0 Å². The maximum Gasteiger partial charge on any atom is 0.410 e. The smallest absolute Gasteiger partial charge is 0.410 e. The molecule has 2 unspecified atom stereocenters. The molecule has 2 fully saturated rings. The molecule has 0 aromatic rings. The second-order valence-electron chi connectivity index (χ2n) is 6.34. The summed E-state index contributed by atoms with van der Waals surface area (Å²) in [5, 5.41) is 3.46. The zero-order valence-corrected chi connectivity index (χ0v) is 11.2. The van der Waals surface area contributed by atoms with Crippen LogP contribution in [0.5, 0.6) is 0 Å². The molecule has 2 aliphatic rings. The third kappa shape index (κ3) is 3.60. The Morgan fingerprint density at radius 3 is 2.71 bits per heavy atom. The van der Waals surface area contributed by atoms with Gasteiger partial charge in [0.25, 0.3) is 0 Å². The molecule has 0 aromatic carbocycles. The number of carbonyl (C=O) groups excluding carboxylic acids is 1. The number of ether oxygens (including phenoxy) is 1. The third-order valence-electron chi connectivity index (χ3n) is 3.47. The largest absolute Gasteiger partial charge is 0.444 e. The van der Waals surface area contributed by atoms with E-state index in [1.165, 1.54) is 6.42 Å². The normalized spacial score (nSPS) is 29.7. The van der Waals surface area contributed by atoms with Crippen LogP contribution in [0.2, 0.25) is 0 Å². The van der Waals surface area contributed by atoms with Crippen LogP contribution < -0.4 is 5.32 Å². The van der Waals surface area contributed by atoms with E-state index >= 15 is 0 Å². The number of hydrogen-bond donors (Lipinski definition) is 1. The fourth-order valence-electron chi connectivity index (χ4n) is 2.72. The van der Waals surface area contributed by atoms with E-state index in [1.807, 2.05) is 25.7 Å². The van der Waals surface area contributed by atoms with E-state index in [4.69, 9.17) is 4.74 Å². The molecule has 0 spiro atoms. The highest BCUT2D eigenvalue weighted by Crippen LogP contribution is 2.25. The zero-order chi connectivity index (χ0) is 12.5. The van der Waals surface area contributed by atoms with Crippen LogP contribution in [0, 0.1) is 11.8 Å². The lowest BCUT2D eigenvalue weighted by molar-refractivity contribution is 0.0235. The summed E-state index contributed by atoms with van der Waals surface area (Å²) in [6, 6.07) is 0. The van der Waals surface area contributed by atoms with Crippen LogP contribution >= 0.6 is 0 Å². The predicted molar refractivity (Wildman–Crippen MR) is 66.9 cm³/mol. The van der Waals surface area contributed by atoms with Gasteiger partial charge < -0.3 is 15.0 Å². The minimum atomic E-state index is -0.392. The Morgan fingerprint density at radius 1 is 1.29 bits per heavy atom. The molecule has 2 atom stereocenters. The second-order valence-corrected chi connectivity index (χ2v) is 6.34. The number of piperidine rings is 1. The van der Waals surface area contributed by atoms with Crippen LogP contribution in [0.15, 0.2) is 0 Å². The number of carbonyl (C=O) groups is 1. The van der Waals surface area contributed by atoms with Crippen molar-refractivity contribution in [2.24, 2.45) is 11.8 Å². The number of hydrogen-bond acceptors (Lipinski definition) is 3. The summed E-state index contributed by atoms with van der Waals surface area (Å²) >= 11 is 0. The Bertz CT molecular complexity index is 286. The Balaban J connectivity index is 1.94. The summed E-state index contributed by atoms with van der Waals surface area (Å²) in [5.41, 5.74) is -0.392. The van der Waals surface area contributed by atoms with Crippen LogP contribution in [0.3, 0.4) is 0 Å². The van der Waals surface area contributed by atoms with Gasteiger partial charge in [-0.15, -0.1) is 0 Å². The van der Waals surface area contributed by atoms with Gasteiger partial charge in [0.15, 0.2) is 0 Å². The van der Waals surface area contributed by atoms with E-state index in [-0.39, 0.29) is 6.09 Å². The molecule has 4 heteroatoms. The Labute approximate surface area is 104 Å². The first-order valence-corrected chi connectivity index (χ1v) is 6.63. The highest BCUT2D eigenvalue weighted by molar-refractivity contribution is 5.68. The summed E-state index contributed by atoms with van der Waals surface area (Å²) in [6.07, 6.45) is 2.21. The summed E-state index contributed by atoms with van der Waals surface area (Å²) < 4.78 is 5.45. The average molecular weight is 240 g/mol. The first kappa shape index (κ1) is 12.7. The molecular formula is C13H24N2O2. The minimum Gasteiger partial charge on any atom is -0.444 e. The minimum absolute atomic E-state index is 0.148. The van der Waals surface area contributed by atoms with Gasteiger partial charge in [0.2, 0.25) is 0 Å². The summed E-state index contributed by atoms with van der Waals surface area (Å²) in [4.78, 5) is 13.9. The Hall–Kier alpha value is -0.770. The van der Waals surface area contributed by atoms with Gasteiger partial charge in [0.1, 0.15) is 5.60 Å². The van der Waals surface area contributed by atoms with E-state index < -0.39 is 5.60 Å². The number of fused-ring (bicyclic) bond motifs is 2. The van der Waals surface area contributed by atoms with Crippen molar-refractivity contribution in [3.63, 3.8) is 0 Å². The lowest BCUT2D eigenvalue weighted by atomic mass is 9.90. The molecule has 0 saturated carbocycles. The van der Waals surface area contributed by atoms with Crippen molar-refractivity contribution in [1.29, 1.82) is 0 Å². The fourth-order valence-corrected chi connectivity index (χ4v) is 2.72. The van der Waals surface area contributed by atoms with E-state index in [0.29, 0.717) is 5.92 Å². The molecule has 2 heterocycles. The lowest BCUT2D eigenvalue weighted by Crippen LogP contribution is -2.41. The number of amides is 1. The summed E-state index contributed by atoms with van der Waals surface area (Å²) in [6.45, 7) is 9.60. The number of nitrogens with zero attached hydrogens (tertiary/aromatic N) is 1. The zero-order valence-electron chi connectivity index (χ0n) is 11.2. The topological polar surface area (TPSA) is 41.6 Å². The van der Waals surface area contributed by atoms with Crippen LogP contribution in [-0.4, -0.2) is 42.8 Å². The highest BCUT2D eigenvalue weighted by Gasteiger charge is 2.31. The van der Waals surface area contributed by atoms with Crippen LogP contribution in [-0.2, 0) is 4.74 Å². The molecule has 4 nitrogen and oxygen atoms in total. The average Bonchev–Trinajstić information content (AvgIpc) is 2.35. The fraction of sp³-hybridized carbons (Fsp3) is 0.923. The summed E-state index contributed by atoms with van der Waals surface area (Å²) in [7, 11) is 0. The summed E-state index contributed by atoms with van der Waals surface area (Å²) in [5.74, 6) is 1.34. The van der Waals surface area contributed by atoms with E-state index in [0.717, 1.165) is 38.5 Å². The predicted octanol–water partition coefficient (Wildman–Crippen LogP) is 1.85. The number of nitrogens with one attached hydrogen (secondary N) is 1. The first-order valence-electron chi connectivity index (χ1n) is 6.63. The van der Waals surface area contributed by atoms with Crippen LogP contribution in [0.4, 0.5) is 4.79 Å². The molecule has 98 valence electrons. The number of likely N-dealkylation sites (tertiary alicyclic amines) is 1. The van der Waals surface area contributed by atoms with E-state index in [2.05, 4.69) is 5.32 Å². The standard InChI is InChI=1S/C13H24N2O2/c1-13(2,3)17-12(16)15-5-4-10-6-11(9-15)8-14-7-10/h10-11,14H,4-9H2,1-3H3. The van der Waals surface area contributed by atoms with Crippen LogP contribution in [0.25, 0.3) is 0 Å². The SMILES string of the molecule is CC(C)(C)OC(=O)N1CCC2CNCC(C2)C1. The molecule has 2 aliphatic heterocycles. The van der Waals surface area contributed by atoms with Gasteiger partial charge in [-0.25, -0.2) is 4.79 Å². The maximum absolute atomic E-state index is 12.0. The van der Waals surface area contributed by atoms with Crippen molar-refractivity contribution >= 4 is 6.09 Å². The molecule has 2 bridgehead atoms. The van der Waals surface area contributed by atoms with Crippen molar-refractivity contribution in [1.82, 2.24) is 10.2 Å². The lowest BCUT2D eigenvalue weighted by Gasteiger charge is -2.29. The molecular weight excluding hydrogens is 216 g/mol. The molecule has 2 saturated heterocycles. The van der Waals surface area contributed by atoms with Gasteiger partial charge in [-0.05, 0) is 58.5 Å². The van der Waals surface area contributed by atoms with Gasteiger partial charge in [-0.2, -0.15) is 0 Å². The highest BCUT2D eigenvalue weighted by atomic mass is 16.6. The van der Waals surface area contributed by atoms with Crippen molar-refractivity contribution in [3.05, 3.63) is 0 Å². The van der Waals surface area contributed by atoms with Gasteiger partial charge in [-0.1, -0.05) is 0 Å². The van der Waals surface area contributed by atoms with Crippen molar-refractivity contribution in [2.75, 3.05) is 26.2 Å². The van der Waals surface area contributed by atoms with E-state index in [9.17, 15) is 4.79 Å². The van der Waals surface area contributed by atoms with Gasteiger partial charge >= 0.3 is 6.09 Å². The molecule has 1 amide bonds. The quantitative estimate of drug-likeness (QED) is 0.702.